The molecule has 0 fully saturated rings. The Hall–Kier alpha value is -3.58. The lowest BCUT2D eigenvalue weighted by molar-refractivity contribution is 1.16. The summed E-state index contributed by atoms with van der Waals surface area (Å²) in [5.41, 5.74) is 3.44. The van der Waals surface area contributed by atoms with E-state index in [0.717, 1.165) is 5.57 Å². The smallest absolute Gasteiger partial charge is 0.0488 e. The summed E-state index contributed by atoms with van der Waals surface area (Å²) in [4.78, 5) is 2.26. The molecule has 28 heavy (non-hydrogen) atoms. The van der Waals surface area contributed by atoms with Gasteiger partial charge < -0.3 is 4.90 Å². The maximum absolute atomic E-state index is 4.05. The molecule has 0 bridgehead atoms. The van der Waals surface area contributed by atoms with Crippen molar-refractivity contribution in [2.75, 3.05) is 11.9 Å². The van der Waals surface area contributed by atoms with Gasteiger partial charge in [0.1, 0.15) is 0 Å². The number of fused-ring (bicyclic) bond motifs is 2. The van der Waals surface area contributed by atoms with E-state index in [1.54, 1.807) is 0 Å². The number of anilines is 1. The zero-order valence-corrected chi connectivity index (χ0v) is 15.7. The van der Waals surface area contributed by atoms with Gasteiger partial charge in [-0.1, -0.05) is 73.3 Å². The monoisotopic (exact) mass is 357 g/mol. The number of benzene rings is 5. The maximum Gasteiger partial charge on any atom is 0.0488 e. The summed E-state index contributed by atoms with van der Waals surface area (Å²) >= 11 is 0. The fourth-order valence-electron chi connectivity index (χ4n) is 4.75. The third kappa shape index (κ3) is 1.96. The Morgan fingerprint density at radius 3 is 1.93 bits per heavy atom. The van der Waals surface area contributed by atoms with Gasteiger partial charge >= 0.3 is 0 Å². The molecule has 0 aliphatic heterocycles. The third-order valence-electron chi connectivity index (χ3n) is 6.05. The molecule has 5 aromatic rings. The van der Waals surface area contributed by atoms with Gasteiger partial charge in [0.05, 0.1) is 0 Å². The van der Waals surface area contributed by atoms with E-state index < -0.39 is 0 Å². The van der Waals surface area contributed by atoms with E-state index in [4.69, 9.17) is 0 Å². The van der Waals surface area contributed by atoms with E-state index in [-0.39, 0.29) is 0 Å². The molecule has 6 rings (SSSR count). The van der Waals surface area contributed by atoms with Crippen LogP contribution in [0.2, 0.25) is 0 Å². The maximum atomic E-state index is 4.05. The normalized spacial score (nSPS) is 14.0. The van der Waals surface area contributed by atoms with Gasteiger partial charge in [-0.05, 0) is 61.5 Å². The quantitative estimate of drug-likeness (QED) is 0.239. The summed E-state index contributed by atoms with van der Waals surface area (Å²) in [5.74, 6) is 0. The van der Waals surface area contributed by atoms with E-state index in [1.165, 1.54) is 54.5 Å². The Balaban J connectivity index is 1.77. The molecular weight excluding hydrogens is 338 g/mol. The van der Waals surface area contributed by atoms with Crippen molar-refractivity contribution in [2.45, 2.75) is 0 Å². The molecule has 0 saturated carbocycles. The second-order valence-electron chi connectivity index (χ2n) is 7.61. The molecule has 0 atom stereocenters. The lowest BCUT2D eigenvalue weighted by Crippen LogP contribution is -2.14. The van der Waals surface area contributed by atoms with Crippen molar-refractivity contribution < 1.29 is 0 Å². The topological polar surface area (TPSA) is 3.24 Å². The van der Waals surface area contributed by atoms with Crippen LogP contribution in [0.5, 0.6) is 0 Å². The minimum atomic E-state index is 1.05. The molecule has 0 N–H and O–H groups in total. The van der Waals surface area contributed by atoms with E-state index in [2.05, 4.69) is 103 Å². The Morgan fingerprint density at radius 2 is 1.25 bits per heavy atom. The molecule has 1 heteroatoms. The van der Waals surface area contributed by atoms with Crippen LogP contribution in [0.4, 0.5) is 5.69 Å². The van der Waals surface area contributed by atoms with Gasteiger partial charge in [0.25, 0.3) is 0 Å². The predicted molar refractivity (Wildman–Crippen MR) is 122 cm³/mol. The van der Waals surface area contributed by atoms with Crippen LogP contribution in [0.3, 0.4) is 0 Å². The van der Waals surface area contributed by atoms with Crippen molar-refractivity contribution in [3.8, 4) is 0 Å². The van der Waals surface area contributed by atoms with Crippen molar-refractivity contribution in [1.29, 1.82) is 0 Å². The van der Waals surface area contributed by atoms with Crippen molar-refractivity contribution >= 4 is 48.8 Å². The minimum Gasteiger partial charge on any atom is -0.344 e. The zero-order chi connectivity index (χ0) is 18.8. The average molecular weight is 357 g/mol. The summed E-state index contributed by atoms with van der Waals surface area (Å²) < 4.78 is 0. The summed E-state index contributed by atoms with van der Waals surface area (Å²) in [6.07, 6.45) is 6.33. The van der Waals surface area contributed by atoms with E-state index in [1.807, 2.05) is 0 Å². The van der Waals surface area contributed by atoms with E-state index in [9.17, 15) is 0 Å². The first-order chi connectivity index (χ1) is 13.7. The van der Waals surface area contributed by atoms with Crippen LogP contribution in [0, 0.1) is 0 Å². The standard InChI is InChI=1S/C27H19N/c1-17-12-13-19(16-17)28(2)25-15-14-23-21-9-4-7-18-6-3-8-20(26(18)21)22-10-5-11-24(25)27(22)23/h3-16H,1H2,2H3. The van der Waals surface area contributed by atoms with Crippen LogP contribution < -0.4 is 4.90 Å². The molecule has 1 nitrogen and oxygen atoms in total. The van der Waals surface area contributed by atoms with Crippen molar-refractivity contribution in [3.63, 3.8) is 0 Å². The van der Waals surface area contributed by atoms with Gasteiger partial charge in [0.15, 0.2) is 0 Å². The molecule has 132 valence electrons. The van der Waals surface area contributed by atoms with Crippen LogP contribution in [0.1, 0.15) is 0 Å². The number of hydrogen-bond donors (Lipinski definition) is 0. The molecular formula is C27H19N. The summed E-state index contributed by atoms with van der Waals surface area (Å²) in [5, 5.41) is 10.6. The molecule has 0 spiro atoms. The molecule has 1 aliphatic carbocycles. The van der Waals surface area contributed by atoms with Gasteiger partial charge in [-0.25, -0.2) is 0 Å². The number of hydrogen-bond acceptors (Lipinski definition) is 1. The highest BCUT2D eigenvalue weighted by Crippen LogP contribution is 2.43. The highest BCUT2D eigenvalue weighted by atomic mass is 15.1. The molecule has 0 heterocycles. The van der Waals surface area contributed by atoms with Gasteiger partial charge in [0, 0.05) is 23.8 Å². The minimum absolute atomic E-state index is 1.05. The lowest BCUT2D eigenvalue weighted by atomic mass is 9.89. The highest BCUT2D eigenvalue weighted by molar-refractivity contribution is 6.34. The molecule has 5 aromatic carbocycles. The van der Waals surface area contributed by atoms with E-state index >= 15 is 0 Å². The SMILES string of the molecule is C=C1C=CC(N(C)c2ccc3c4cccc5cccc(c6cccc2c63)c54)=C1. The molecule has 0 unspecified atom stereocenters. The fraction of sp³-hybridized carbons (Fsp3) is 0.0370. The van der Waals surface area contributed by atoms with Crippen LogP contribution in [-0.4, -0.2) is 7.05 Å². The molecule has 0 amide bonds. The van der Waals surface area contributed by atoms with Gasteiger partial charge in [-0.3, -0.25) is 0 Å². The number of allylic oxidation sites excluding steroid dienone is 4. The predicted octanol–water partition coefficient (Wildman–Crippen LogP) is 7.18. The van der Waals surface area contributed by atoms with Crippen LogP contribution in [0.15, 0.2) is 103 Å². The van der Waals surface area contributed by atoms with Gasteiger partial charge in [0.2, 0.25) is 0 Å². The van der Waals surface area contributed by atoms with Crippen molar-refractivity contribution in [3.05, 3.63) is 103 Å². The van der Waals surface area contributed by atoms with Gasteiger partial charge in [-0.2, -0.15) is 0 Å². The first-order valence-corrected chi connectivity index (χ1v) is 9.63. The van der Waals surface area contributed by atoms with Crippen molar-refractivity contribution in [2.24, 2.45) is 0 Å². The summed E-state index contributed by atoms with van der Waals surface area (Å²) in [6, 6.07) is 24.5. The van der Waals surface area contributed by atoms with Crippen LogP contribution in [0.25, 0.3) is 43.1 Å². The van der Waals surface area contributed by atoms with Crippen LogP contribution >= 0.6 is 0 Å². The summed E-state index contributed by atoms with van der Waals surface area (Å²) in [6.45, 7) is 4.05. The molecule has 0 saturated heterocycles. The van der Waals surface area contributed by atoms with E-state index in [0.29, 0.717) is 0 Å². The molecule has 1 aliphatic rings. The first kappa shape index (κ1) is 15.5. The zero-order valence-electron chi connectivity index (χ0n) is 15.7. The average Bonchev–Trinajstić information content (AvgIpc) is 3.17. The Labute approximate surface area is 163 Å². The highest BCUT2D eigenvalue weighted by Gasteiger charge is 2.17. The Kier molecular flexibility index (Phi) is 3.02. The second-order valence-corrected chi connectivity index (χ2v) is 7.61. The van der Waals surface area contributed by atoms with Gasteiger partial charge in [-0.15, -0.1) is 0 Å². The third-order valence-corrected chi connectivity index (χ3v) is 6.05. The molecule has 0 radical (unpaired) electrons. The second kappa shape index (κ2) is 5.46. The summed E-state index contributed by atoms with van der Waals surface area (Å²) in [7, 11) is 2.14. The lowest BCUT2D eigenvalue weighted by Gasteiger charge is -2.23. The Bertz CT molecular complexity index is 1430. The van der Waals surface area contributed by atoms with Crippen molar-refractivity contribution in [1.82, 2.24) is 0 Å². The van der Waals surface area contributed by atoms with Crippen LogP contribution in [-0.2, 0) is 0 Å². The Morgan fingerprint density at radius 1 is 0.643 bits per heavy atom. The largest absolute Gasteiger partial charge is 0.344 e. The number of rotatable bonds is 2. The number of likely N-dealkylation sites (N-methyl/N-ethyl adjacent to an activating group) is 1. The molecule has 0 aromatic heterocycles. The number of nitrogens with zero attached hydrogens (tertiary/aromatic N) is 1. The first-order valence-electron chi connectivity index (χ1n) is 9.63. The fourth-order valence-corrected chi connectivity index (χ4v) is 4.75.